The Kier molecular flexibility index (Phi) is 4.16. The smallest absolute Gasteiger partial charge is 0.230 e. The number of carbonyl (C=O) groups excluding carboxylic acids is 1. The number of amides is 1. The lowest BCUT2D eigenvalue weighted by Crippen LogP contribution is -2.14. The van der Waals surface area contributed by atoms with E-state index in [0.717, 1.165) is 11.3 Å². The Morgan fingerprint density at radius 3 is 2.63 bits per heavy atom. The van der Waals surface area contributed by atoms with E-state index in [1.165, 1.54) is 11.3 Å². The van der Waals surface area contributed by atoms with Crippen molar-refractivity contribution < 1.29 is 9.90 Å². The van der Waals surface area contributed by atoms with Crippen LogP contribution in [0.3, 0.4) is 0 Å². The summed E-state index contributed by atoms with van der Waals surface area (Å²) in [4.78, 5) is 16.2. The number of benzene rings is 1. The molecular formula is C14H16N2O2S. The Balaban J connectivity index is 1.95. The number of carbonyl (C=O) groups is 1. The van der Waals surface area contributed by atoms with Gasteiger partial charge in [0.05, 0.1) is 12.1 Å². The van der Waals surface area contributed by atoms with Gasteiger partial charge in [0, 0.05) is 5.38 Å². The molecule has 100 valence electrons. The highest BCUT2D eigenvalue weighted by Gasteiger charge is 2.09. The maximum Gasteiger partial charge on any atom is 0.230 e. The molecule has 2 aromatic rings. The first kappa shape index (κ1) is 13.5. The van der Waals surface area contributed by atoms with Crippen molar-refractivity contribution in [1.29, 1.82) is 0 Å². The van der Waals surface area contributed by atoms with Gasteiger partial charge in [0.1, 0.15) is 5.75 Å². The van der Waals surface area contributed by atoms with Gasteiger partial charge in [0.2, 0.25) is 5.91 Å². The fraction of sp³-hybridized carbons (Fsp3) is 0.286. The van der Waals surface area contributed by atoms with Crippen molar-refractivity contribution in [2.75, 3.05) is 5.32 Å². The highest BCUT2D eigenvalue weighted by molar-refractivity contribution is 7.13. The molecule has 0 unspecified atom stereocenters. The molecule has 0 saturated heterocycles. The topological polar surface area (TPSA) is 62.2 Å². The van der Waals surface area contributed by atoms with Crippen LogP contribution in [0, 0.1) is 0 Å². The highest BCUT2D eigenvalue weighted by Crippen LogP contribution is 2.21. The Labute approximate surface area is 116 Å². The molecular weight excluding hydrogens is 260 g/mol. The van der Waals surface area contributed by atoms with Gasteiger partial charge in [-0.05, 0) is 23.6 Å². The summed E-state index contributed by atoms with van der Waals surface area (Å²) in [6, 6.07) is 6.61. The summed E-state index contributed by atoms with van der Waals surface area (Å²) in [5.74, 6) is 0.458. The number of anilines is 1. The molecule has 4 nitrogen and oxygen atoms in total. The van der Waals surface area contributed by atoms with Crippen LogP contribution in [0.1, 0.15) is 31.0 Å². The van der Waals surface area contributed by atoms with Gasteiger partial charge in [-0.15, -0.1) is 11.3 Å². The maximum absolute atomic E-state index is 11.8. The van der Waals surface area contributed by atoms with E-state index in [-0.39, 0.29) is 18.1 Å². The molecule has 1 amide bonds. The number of thiazole rings is 1. The molecule has 0 atom stereocenters. The molecule has 1 heterocycles. The summed E-state index contributed by atoms with van der Waals surface area (Å²) < 4.78 is 0. The van der Waals surface area contributed by atoms with Gasteiger partial charge in [0.25, 0.3) is 0 Å². The number of phenols is 1. The van der Waals surface area contributed by atoms with Crippen molar-refractivity contribution in [3.8, 4) is 5.75 Å². The summed E-state index contributed by atoms with van der Waals surface area (Å²) in [6.45, 7) is 4.13. The maximum atomic E-state index is 11.8. The van der Waals surface area contributed by atoms with E-state index < -0.39 is 0 Å². The van der Waals surface area contributed by atoms with Gasteiger partial charge < -0.3 is 10.4 Å². The van der Waals surface area contributed by atoms with Crippen molar-refractivity contribution in [2.24, 2.45) is 0 Å². The second-order valence-electron chi connectivity index (χ2n) is 4.62. The molecule has 0 radical (unpaired) electrons. The van der Waals surface area contributed by atoms with Crippen LogP contribution in [0.25, 0.3) is 0 Å². The van der Waals surface area contributed by atoms with E-state index in [1.807, 2.05) is 5.38 Å². The van der Waals surface area contributed by atoms with E-state index in [1.54, 1.807) is 24.3 Å². The second-order valence-corrected chi connectivity index (χ2v) is 5.48. The minimum absolute atomic E-state index is 0.102. The van der Waals surface area contributed by atoms with Crippen LogP contribution < -0.4 is 5.32 Å². The largest absolute Gasteiger partial charge is 0.508 e. The molecule has 2 N–H and O–H groups in total. The summed E-state index contributed by atoms with van der Waals surface area (Å²) in [5.41, 5.74) is 1.85. The molecule has 0 aliphatic rings. The molecule has 0 spiro atoms. The zero-order chi connectivity index (χ0) is 13.8. The van der Waals surface area contributed by atoms with Crippen LogP contribution in [0.5, 0.6) is 5.75 Å². The fourth-order valence-electron chi connectivity index (χ4n) is 1.57. The normalized spacial score (nSPS) is 10.7. The molecule has 0 aliphatic carbocycles. The Hall–Kier alpha value is -1.88. The number of nitrogens with one attached hydrogen (secondary N) is 1. The van der Waals surface area contributed by atoms with E-state index in [2.05, 4.69) is 24.1 Å². The predicted molar refractivity (Wildman–Crippen MR) is 76.6 cm³/mol. The molecule has 0 aliphatic heterocycles. The first-order valence-electron chi connectivity index (χ1n) is 6.08. The van der Waals surface area contributed by atoms with Crippen LogP contribution in [0.2, 0.25) is 0 Å². The van der Waals surface area contributed by atoms with Gasteiger partial charge in [0.15, 0.2) is 5.13 Å². The summed E-state index contributed by atoms with van der Waals surface area (Å²) in [7, 11) is 0. The molecule has 5 heteroatoms. The first-order valence-corrected chi connectivity index (χ1v) is 6.95. The van der Waals surface area contributed by atoms with E-state index in [9.17, 15) is 9.90 Å². The fourth-order valence-corrected chi connectivity index (χ4v) is 2.46. The van der Waals surface area contributed by atoms with Crippen molar-refractivity contribution >= 4 is 22.4 Å². The number of aromatic nitrogens is 1. The first-order chi connectivity index (χ1) is 9.04. The minimum Gasteiger partial charge on any atom is -0.508 e. The average Bonchev–Trinajstić information content (AvgIpc) is 2.80. The molecule has 2 rings (SSSR count). The van der Waals surface area contributed by atoms with Gasteiger partial charge in [-0.25, -0.2) is 4.98 Å². The SMILES string of the molecule is CC(C)c1csc(NC(=O)Cc2ccc(O)cc2)n1. The summed E-state index contributed by atoms with van der Waals surface area (Å²) >= 11 is 1.44. The van der Waals surface area contributed by atoms with Crippen LogP contribution >= 0.6 is 11.3 Å². The molecule has 0 fully saturated rings. The lowest BCUT2D eigenvalue weighted by molar-refractivity contribution is -0.115. The van der Waals surface area contributed by atoms with Gasteiger partial charge in [-0.2, -0.15) is 0 Å². The zero-order valence-electron chi connectivity index (χ0n) is 10.9. The average molecular weight is 276 g/mol. The predicted octanol–water partition coefficient (Wildman–Crippen LogP) is 3.15. The van der Waals surface area contributed by atoms with Crippen LogP contribution in [0.15, 0.2) is 29.6 Å². The molecule has 19 heavy (non-hydrogen) atoms. The van der Waals surface area contributed by atoms with Gasteiger partial charge >= 0.3 is 0 Å². The van der Waals surface area contributed by atoms with Gasteiger partial charge in [-0.3, -0.25) is 4.79 Å². The minimum atomic E-state index is -0.102. The number of aromatic hydroxyl groups is 1. The van der Waals surface area contributed by atoms with Gasteiger partial charge in [-0.1, -0.05) is 26.0 Å². The third kappa shape index (κ3) is 3.79. The van der Waals surface area contributed by atoms with Crippen LogP contribution in [0.4, 0.5) is 5.13 Å². The molecule has 1 aromatic carbocycles. The summed E-state index contributed by atoms with van der Waals surface area (Å²) in [6.07, 6.45) is 0.275. The molecule has 1 aromatic heterocycles. The van der Waals surface area contributed by atoms with Crippen molar-refractivity contribution in [2.45, 2.75) is 26.2 Å². The number of hydrogen-bond acceptors (Lipinski definition) is 4. The number of nitrogens with zero attached hydrogens (tertiary/aromatic N) is 1. The molecule has 0 saturated carbocycles. The summed E-state index contributed by atoms with van der Waals surface area (Å²) in [5, 5.41) is 14.5. The van der Waals surface area contributed by atoms with E-state index in [0.29, 0.717) is 11.0 Å². The third-order valence-corrected chi connectivity index (χ3v) is 3.44. The quantitative estimate of drug-likeness (QED) is 0.901. The number of rotatable bonds is 4. The highest BCUT2D eigenvalue weighted by atomic mass is 32.1. The monoisotopic (exact) mass is 276 g/mol. The Morgan fingerprint density at radius 1 is 1.37 bits per heavy atom. The van der Waals surface area contributed by atoms with E-state index >= 15 is 0 Å². The van der Waals surface area contributed by atoms with E-state index in [4.69, 9.17) is 0 Å². The van der Waals surface area contributed by atoms with Crippen molar-refractivity contribution in [3.05, 3.63) is 40.9 Å². The Morgan fingerprint density at radius 2 is 2.05 bits per heavy atom. The second kappa shape index (κ2) is 5.84. The lowest BCUT2D eigenvalue weighted by Gasteiger charge is -2.02. The molecule has 0 bridgehead atoms. The number of phenolic OH excluding ortho intramolecular Hbond substituents is 1. The van der Waals surface area contributed by atoms with Crippen LogP contribution in [-0.2, 0) is 11.2 Å². The van der Waals surface area contributed by atoms with Crippen molar-refractivity contribution in [1.82, 2.24) is 4.98 Å². The number of hydrogen-bond donors (Lipinski definition) is 2. The lowest BCUT2D eigenvalue weighted by atomic mass is 10.1. The van der Waals surface area contributed by atoms with Crippen LogP contribution in [-0.4, -0.2) is 16.0 Å². The third-order valence-electron chi connectivity index (χ3n) is 2.66. The Bertz CT molecular complexity index is 561. The standard InChI is InChI=1S/C14H16N2O2S/c1-9(2)12-8-19-14(15-12)16-13(18)7-10-3-5-11(17)6-4-10/h3-6,8-9,17H,7H2,1-2H3,(H,15,16,18). The van der Waals surface area contributed by atoms with Crippen molar-refractivity contribution in [3.63, 3.8) is 0 Å². The zero-order valence-corrected chi connectivity index (χ0v) is 11.7.